The molecular formula is C9H6FN3O3. The van der Waals surface area contributed by atoms with Crippen LogP contribution in [0, 0.1) is 15.9 Å². The van der Waals surface area contributed by atoms with Crippen molar-refractivity contribution in [3.05, 3.63) is 40.3 Å². The van der Waals surface area contributed by atoms with Crippen LogP contribution in [0.5, 0.6) is 0 Å². The molecule has 0 radical (unpaired) electrons. The molecule has 1 aromatic heterocycles. The monoisotopic (exact) mass is 223 g/mol. The molecule has 0 amide bonds. The lowest BCUT2D eigenvalue weighted by molar-refractivity contribution is -0.387. The van der Waals surface area contributed by atoms with Crippen LogP contribution >= 0.6 is 0 Å². The Morgan fingerprint density at radius 2 is 2.25 bits per heavy atom. The van der Waals surface area contributed by atoms with E-state index in [1.54, 1.807) is 0 Å². The Morgan fingerprint density at radius 3 is 2.81 bits per heavy atom. The van der Waals surface area contributed by atoms with Crippen molar-refractivity contribution in [3.63, 3.8) is 0 Å². The van der Waals surface area contributed by atoms with E-state index < -0.39 is 16.4 Å². The van der Waals surface area contributed by atoms with Crippen LogP contribution in [0.15, 0.2) is 28.9 Å². The van der Waals surface area contributed by atoms with Gasteiger partial charge in [0.25, 0.3) is 0 Å². The van der Waals surface area contributed by atoms with Crippen molar-refractivity contribution in [1.29, 1.82) is 0 Å². The zero-order chi connectivity index (χ0) is 11.7. The van der Waals surface area contributed by atoms with E-state index in [0.29, 0.717) is 11.1 Å². The molecule has 6 nitrogen and oxygen atoms in total. The maximum Gasteiger partial charge on any atom is 0.305 e. The first kappa shape index (κ1) is 10.1. The molecule has 1 aromatic carbocycles. The maximum absolute atomic E-state index is 13.1. The van der Waals surface area contributed by atoms with Gasteiger partial charge in [-0.05, 0) is 11.6 Å². The molecule has 1 heterocycles. The lowest BCUT2D eigenvalue weighted by Gasteiger charge is -1.98. The zero-order valence-electron chi connectivity index (χ0n) is 7.88. The first-order valence-corrected chi connectivity index (χ1v) is 4.24. The number of benzene rings is 1. The lowest BCUT2D eigenvalue weighted by Crippen LogP contribution is -1.93. The Labute approximate surface area is 88.6 Å². The fourth-order valence-corrected chi connectivity index (χ4v) is 1.29. The summed E-state index contributed by atoms with van der Waals surface area (Å²) in [5.74, 6) is -0.871. The molecular weight excluding hydrogens is 217 g/mol. The van der Waals surface area contributed by atoms with Crippen LogP contribution in [0.4, 0.5) is 16.0 Å². The Morgan fingerprint density at radius 1 is 1.50 bits per heavy atom. The molecule has 0 spiro atoms. The van der Waals surface area contributed by atoms with Gasteiger partial charge in [0.1, 0.15) is 0 Å². The summed E-state index contributed by atoms with van der Waals surface area (Å²) in [6.07, 6.45) is 1.31. The number of nitro groups is 1. The normalized spacial score (nSPS) is 10.3. The molecule has 2 aromatic rings. The molecule has 0 saturated carbocycles. The molecule has 0 atom stereocenters. The van der Waals surface area contributed by atoms with E-state index in [2.05, 4.69) is 9.68 Å². The van der Waals surface area contributed by atoms with Crippen molar-refractivity contribution in [3.8, 4) is 11.1 Å². The minimum Gasteiger partial charge on any atom is -0.367 e. The predicted molar refractivity (Wildman–Crippen MR) is 53.0 cm³/mol. The van der Waals surface area contributed by atoms with Crippen LogP contribution in [-0.4, -0.2) is 10.1 Å². The van der Waals surface area contributed by atoms with Crippen LogP contribution in [0.3, 0.4) is 0 Å². The van der Waals surface area contributed by atoms with Crippen molar-refractivity contribution >= 4 is 11.6 Å². The second kappa shape index (κ2) is 3.61. The summed E-state index contributed by atoms with van der Waals surface area (Å²) in [4.78, 5) is 9.72. The molecule has 7 heteroatoms. The van der Waals surface area contributed by atoms with E-state index in [4.69, 9.17) is 5.73 Å². The third-order valence-electron chi connectivity index (χ3n) is 2.05. The number of nitrogens with zero attached hydrogens (tertiary/aromatic N) is 2. The Kier molecular flexibility index (Phi) is 2.28. The zero-order valence-corrected chi connectivity index (χ0v) is 7.88. The van der Waals surface area contributed by atoms with E-state index >= 15 is 0 Å². The van der Waals surface area contributed by atoms with Gasteiger partial charge in [0, 0.05) is 6.07 Å². The van der Waals surface area contributed by atoms with Gasteiger partial charge in [0.15, 0.2) is 0 Å². The highest BCUT2D eigenvalue weighted by Gasteiger charge is 2.17. The van der Waals surface area contributed by atoms with Gasteiger partial charge in [-0.2, -0.15) is 4.39 Å². The van der Waals surface area contributed by atoms with Crippen LogP contribution in [-0.2, 0) is 0 Å². The van der Waals surface area contributed by atoms with Crippen molar-refractivity contribution in [2.45, 2.75) is 0 Å². The van der Waals surface area contributed by atoms with Crippen LogP contribution in [0.25, 0.3) is 11.1 Å². The molecule has 0 bridgehead atoms. The highest BCUT2D eigenvalue weighted by molar-refractivity contribution is 5.73. The van der Waals surface area contributed by atoms with Crippen LogP contribution in [0.1, 0.15) is 0 Å². The molecule has 2 rings (SSSR count). The number of halogens is 1. The molecule has 0 aliphatic rings. The summed E-state index contributed by atoms with van der Waals surface area (Å²) in [5, 5.41) is 14.0. The lowest BCUT2D eigenvalue weighted by atomic mass is 10.1. The number of rotatable bonds is 2. The van der Waals surface area contributed by atoms with E-state index in [0.717, 1.165) is 12.1 Å². The number of aromatic nitrogens is 1. The summed E-state index contributed by atoms with van der Waals surface area (Å²) < 4.78 is 17.7. The number of nitro benzene ring substituents is 1. The molecule has 82 valence electrons. The SMILES string of the molecule is Nc1oncc1-c1ccc(F)c([N+](=O)[O-])c1. The molecule has 0 fully saturated rings. The fourth-order valence-electron chi connectivity index (χ4n) is 1.29. The van der Waals surface area contributed by atoms with Crippen molar-refractivity contribution in [2.24, 2.45) is 0 Å². The van der Waals surface area contributed by atoms with Gasteiger partial charge in [-0.25, -0.2) is 0 Å². The number of hydrogen-bond donors (Lipinski definition) is 1. The predicted octanol–water partition coefficient (Wildman–Crippen LogP) is 1.97. The van der Waals surface area contributed by atoms with Gasteiger partial charge < -0.3 is 10.3 Å². The van der Waals surface area contributed by atoms with E-state index in [9.17, 15) is 14.5 Å². The van der Waals surface area contributed by atoms with E-state index in [-0.39, 0.29) is 5.88 Å². The standard InChI is InChI=1S/C9H6FN3O3/c10-7-2-1-5(3-8(7)13(14)15)6-4-12-16-9(6)11/h1-4H,11H2. The van der Waals surface area contributed by atoms with Gasteiger partial charge in [0.2, 0.25) is 11.7 Å². The summed E-state index contributed by atoms with van der Waals surface area (Å²) in [6, 6.07) is 3.45. The average molecular weight is 223 g/mol. The molecule has 0 aliphatic carbocycles. The molecule has 0 unspecified atom stereocenters. The van der Waals surface area contributed by atoms with Gasteiger partial charge in [-0.3, -0.25) is 10.1 Å². The average Bonchev–Trinajstić information content (AvgIpc) is 2.65. The quantitative estimate of drug-likeness (QED) is 0.620. The van der Waals surface area contributed by atoms with Gasteiger partial charge in [-0.15, -0.1) is 0 Å². The highest BCUT2D eigenvalue weighted by Crippen LogP contribution is 2.29. The maximum atomic E-state index is 13.1. The smallest absolute Gasteiger partial charge is 0.305 e. The Hall–Kier alpha value is -2.44. The van der Waals surface area contributed by atoms with Crippen molar-refractivity contribution < 1.29 is 13.8 Å². The summed E-state index contributed by atoms with van der Waals surface area (Å²) in [6.45, 7) is 0. The van der Waals surface area contributed by atoms with Gasteiger partial charge in [-0.1, -0.05) is 11.2 Å². The second-order valence-electron chi connectivity index (χ2n) is 3.03. The van der Waals surface area contributed by atoms with Crippen molar-refractivity contribution in [2.75, 3.05) is 5.73 Å². The van der Waals surface area contributed by atoms with E-state index in [1.807, 2.05) is 0 Å². The van der Waals surface area contributed by atoms with Crippen LogP contribution in [0.2, 0.25) is 0 Å². The minimum atomic E-state index is -0.899. The fraction of sp³-hybridized carbons (Fsp3) is 0. The Bertz CT molecular complexity index is 553. The highest BCUT2D eigenvalue weighted by atomic mass is 19.1. The third kappa shape index (κ3) is 1.58. The van der Waals surface area contributed by atoms with E-state index in [1.165, 1.54) is 12.3 Å². The molecule has 2 N–H and O–H groups in total. The number of hydrogen-bond acceptors (Lipinski definition) is 5. The first-order chi connectivity index (χ1) is 7.59. The Balaban J connectivity index is 2.56. The summed E-state index contributed by atoms with van der Waals surface area (Å²) >= 11 is 0. The summed E-state index contributed by atoms with van der Waals surface area (Å²) in [7, 11) is 0. The topological polar surface area (TPSA) is 95.2 Å². The van der Waals surface area contributed by atoms with Crippen LogP contribution < -0.4 is 5.73 Å². The number of nitrogens with two attached hydrogens (primary N) is 1. The second-order valence-corrected chi connectivity index (χ2v) is 3.03. The minimum absolute atomic E-state index is 0.0286. The first-order valence-electron chi connectivity index (χ1n) is 4.24. The largest absolute Gasteiger partial charge is 0.367 e. The molecule has 16 heavy (non-hydrogen) atoms. The number of anilines is 1. The summed E-state index contributed by atoms with van der Waals surface area (Å²) in [5.41, 5.74) is 5.60. The van der Waals surface area contributed by atoms with Gasteiger partial charge in [0.05, 0.1) is 16.7 Å². The van der Waals surface area contributed by atoms with Gasteiger partial charge >= 0.3 is 5.69 Å². The molecule has 0 saturated heterocycles. The van der Waals surface area contributed by atoms with Crippen molar-refractivity contribution in [1.82, 2.24) is 5.16 Å². The number of nitrogen functional groups attached to an aromatic ring is 1. The molecule has 0 aliphatic heterocycles. The third-order valence-corrected chi connectivity index (χ3v) is 2.05.